The van der Waals surface area contributed by atoms with Crippen molar-refractivity contribution < 1.29 is 9.00 Å². The Hall–Kier alpha value is -2.31. The number of nitrogens with one attached hydrogen (secondary N) is 1. The van der Waals surface area contributed by atoms with Crippen LogP contribution in [0.25, 0.3) is 11.3 Å². The molecule has 25 heavy (non-hydrogen) atoms. The fourth-order valence-electron chi connectivity index (χ4n) is 2.39. The summed E-state index contributed by atoms with van der Waals surface area (Å²) in [6.45, 7) is 2.04. The van der Waals surface area contributed by atoms with Crippen LogP contribution in [0.4, 0.5) is 5.13 Å². The third-order valence-electron chi connectivity index (χ3n) is 3.63. The normalized spacial score (nSPS) is 11.9. The molecule has 0 aliphatic carbocycles. The molecule has 4 nitrogen and oxygen atoms in total. The van der Waals surface area contributed by atoms with Crippen LogP contribution in [0, 0.1) is 6.92 Å². The molecule has 1 aromatic heterocycles. The minimum Gasteiger partial charge on any atom is -0.298 e. The molecular weight excluding hydrogens is 352 g/mol. The molecule has 1 N–H and O–H groups in total. The second-order valence-corrected chi connectivity index (χ2v) is 8.07. The minimum absolute atomic E-state index is 0.214. The third kappa shape index (κ3) is 4.61. The van der Waals surface area contributed by atoms with Crippen molar-refractivity contribution in [1.82, 2.24) is 4.98 Å². The van der Waals surface area contributed by atoms with E-state index in [4.69, 9.17) is 0 Å². The van der Waals surface area contributed by atoms with Crippen LogP contribution in [0.3, 0.4) is 0 Å². The summed E-state index contributed by atoms with van der Waals surface area (Å²) >= 11 is 1.39. The first-order valence-electron chi connectivity index (χ1n) is 7.74. The molecule has 3 rings (SSSR count). The molecule has 3 aromatic rings. The van der Waals surface area contributed by atoms with E-state index in [0.717, 1.165) is 16.8 Å². The summed E-state index contributed by atoms with van der Waals surface area (Å²) in [6, 6.07) is 15.3. The lowest BCUT2D eigenvalue weighted by Gasteiger charge is -2.04. The second-order valence-electron chi connectivity index (χ2n) is 5.78. The zero-order valence-corrected chi connectivity index (χ0v) is 15.6. The van der Waals surface area contributed by atoms with E-state index in [-0.39, 0.29) is 5.91 Å². The largest absolute Gasteiger partial charge is 0.298 e. The first kappa shape index (κ1) is 17.5. The van der Waals surface area contributed by atoms with Gasteiger partial charge in [0.05, 0.1) is 5.69 Å². The van der Waals surface area contributed by atoms with Gasteiger partial charge in [-0.05, 0) is 24.6 Å². The van der Waals surface area contributed by atoms with Gasteiger partial charge in [-0.2, -0.15) is 0 Å². The van der Waals surface area contributed by atoms with E-state index in [1.54, 1.807) is 24.5 Å². The second kappa shape index (κ2) is 7.72. The number of rotatable bonds is 5. The van der Waals surface area contributed by atoms with Crippen molar-refractivity contribution in [2.75, 3.05) is 11.6 Å². The molecule has 1 atom stereocenters. The van der Waals surface area contributed by atoms with Crippen molar-refractivity contribution in [2.24, 2.45) is 0 Å². The molecule has 1 amide bonds. The number of amides is 1. The van der Waals surface area contributed by atoms with Gasteiger partial charge in [-0.25, -0.2) is 4.98 Å². The van der Waals surface area contributed by atoms with E-state index in [1.165, 1.54) is 16.9 Å². The van der Waals surface area contributed by atoms with Crippen LogP contribution < -0.4 is 5.32 Å². The molecule has 0 aliphatic rings. The van der Waals surface area contributed by atoms with Crippen LogP contribution in [0.15, 0.2) is 53.9 Å². The summed E-state index contributed by atoms with van der Waals surface area (Å²) in [5.74, 6) is 0.226. The molecule has 0 spiro atoms. The standard InChI is InChI=1S/C19H18N2O2S2/c1-13-6-8-15(9-7-13)17-11-24-19(20-17)21-18(22)16-5-3-4-14(10-16)12-25(2)23/h3-11H,12H2,1-2H3,(H,20,21,22). The maximum absolute atomic E-state index is 12.4. The minimum atomic E-state index is -0.938. The number of anilines is 1. The summed E-state index contributed by atoms with van der Waals surface area (Å²) in [5.41, 5.74) is 4.48. The first-order chi connectivity index (χ1) is 12.0. The molecule has 6 heteroatoms. The monoisotopic (exact) mass is 370 g/mol. The Balaban J connectivity index is 1.73. The van der Waals surface area contributed by atoms with Crippen molar-refractivity contribution in [3.63, 3.8) is 0 Å². The van der Waals surface area contributed by atoms with Crippen molar-refractivity contribution in [1.29, 1.82) is 0 Å². The predicted molar refractivity (Wildman–Crippen MR) is 104 cm³/mol. The highest BCUT2D eigenvalue weighted by molar-refractivity contribution is 7.83. The summed E-state index contributed by atoms with van der Waals surface area (Å²) in [5, 5.41) is 5.32. The van der Waals surface area contributed by atoms with Crippen molar-refractivity contribution in [2.45, 2.75) is 12.7 Å². The highest BCUT2D eigenvalue weighted by atomic mass is 32.2. The number of hydrogen-bond acceptors (Lipinski definition) is 4. The predicted octanol–water partition coefficient (Wildman–Crippen LogP) is 4.25. The molecule has 2 aromatic carbocycles. The van der Waals surface area contributed by atoms with E-state index in [9.17, 15) is 9.00 Å². The Morgan fingerprint density at radius 2 is 1.96 bits per heavy atom. The summed E-state index contributed by atoms with van der Waals surface area (Å²) < 4.78 is 11.3. The van der Waals surface area contributed by atoms with Crippen LogP contribution >= 0.6 is 11.3 Å². The van der Waals surface area contributed by atoms with Crippen molar-refractivity contribution in [3.8, 4) is 11.3 Å². The molecule has 128 valence electrons. The zero-order chi connectivity index (χ0) is 17.8. The Labute approximate surface area is 153 Å². The highest BCUT2D eigenvalue weighted by Crippen LogP contribution is 2.25. The summed E-state index contributed by atoms with van der Waals surface area (Å²) in [7, 11) is -0.938. The van der Waals surface area contributed by atoms with Crippen LogP contribution in [0.2, 0.25) is 0 Å². The molecule has 0 saturated carbocycles. The van der Waals surface area contributed by atoms with Gasteiger partial charge < -0.3 is 0 Å². The number of aryl methyl sites for hydroxylation is 1. The Kier molecular flexibility index (Phi) is 5.40. The van der Waals surface area contributed by atoms with E-state index in [1.807, 2.05) is 42.6 Å². The maximum atomic E-state index is 12.4. The van der Waals surface area contributed by atoms with Gasteiger partial charge in [-0.15, -0.1) is 11.3 Å². The van der Waals surface area contributed by atoms with Gasteiger partial charge in [0.2, 0.25) is 0 Å². The lowest BCUT2D eigenvalue weighted by molar-refractivity contribution is 0.102. The fraction of sp³-hybridized carbons (Fsp3) is 0.158. The van der Waals surface area contributed by atoms with Crippen LogP contribution in [0.1, 0.15) is 21.5 Å². The SMILES string of the molecule is Cc1ccc(-c2csc(NC(=O)c3cccc(CS(C)=O)c3)n2)cc1. The molecule has 1 unspecified atom stereocenters. The Bertz CT molecular complexity index is 917. The number of benzene rings is 2. The third-order valence-corrected chi connectivity index (χ3v) is 5.13. The van der Waals surface area contributed by atoms with Crippen molar-refractivity contribution >= 4 is 33.2 Å². The highest BCUT2D eigenvalue weighted by Gasteiger charge is 2.11. The van der Waals surface area contributed by atoms with Crippen molar-refractivity contribution in [3.05, 3.63) is 70.6 Å². The molecule has 0 saturated heterocycles. The maximum Gasteiger partial charge on any atom is 0.257 e. The van der Waals surface area contributed by atoms with E-state index < -0.39 is 10.8 Å². The van der Waals surface area contributed by atoms with E-state index >= 15 is 0 Å². The van der Waals surface area contributed by atoms with Gasteiger partial charge in [-0.1, -0.05) is 42.0 Å². The Morgan fingerprint density at radius 1 is 1.20 bits per heavy atom. The van der Waals surface area contributed by atoms with Gasteiger partial charge in [-0.3, -0.25) is 14.3 Å². The van der Waals surface area contributed by atoms with Gasteiger partial charge in [0.25, 0.3) is 5.91 Å². The van der Waals surface area contributed by atoms with E-state index in [0.29, 0.717) is 16.4 Å². The number of hydrogen-bond donors (Lipinski definition) is 1. The molecule has 0 aliphatic heterocycles. The Morgan fingerprint density at radius 3 is 2.68 bits per heavy atom. The van der Waals surface area contributed by atoms with Gasteiger partial charge in [0, 0.05) is 39.3 Å². The zero-order valence-electron chi connectivity index (χ0n) is 14.0. The molecular formula is C19H18N2O2S2. The summed E-state index contributed by atoms with van der Waals surface area (Å²) in [6.07, 6.45) is 1.65. The van der Waals surface area contributed by atoms with Crippen LogP contribution in [-0.4, -0.2) is 21.4 Å². The molecule has 0 bridgehead atoms. The number of aromatic nitrogens is 1. The number of carbonyl (C=O) groups is 1. The molecule has 0 fully saturated rings. The number of nitrogens with zero attached hydrogens (tertiary/aromatic N) is 1. The lowest BCUT2D eigenvalue weighted by Crippen LogP contribution is -2.12. The van der Waals surface area contributed by atoms with Crippen LogP contribution in [-0.2, 0) is 16.6 Å². The smallest absolute Gasteiger partial charge is 0.257 e. The fourth-order valence-corrected chi connectivity index (χ4v) is 3.76. The summed E-state index contributed by atoms with van der Waals surface area (Å²) in [4.78, 5) is 16.9. The molecule has 0 radical (unpaired) electrons. The quantitative estimate of drug-likeness (QED) is 0.730. The average molecular weight is 370 g/mol. The lowest BCUT2D eigenvalue weighted by atomic mass is 10.1. The molecule has 1 heterocycles. The first-order valence-corrected chi connectivity index (χ1v) is 10.3. The van der Waals surface area contributed by atoms with Crippen LogP contribution in [0.5, 0.6) is 0 Å². The number of carbonyl (C=O) groups excluding carboxylic acids is 1. The number of thiazole rings is 1. The topological polar surface area (TPSA) is 59.1 Å². The van der Waals surface area contributed by atoms with E-state index in [2.05, 4.69) is 10.3 Å². The van der Waals surface area contributed by atoms with Gasteiger partial charge in [0.15, 0.2) is 5.13 Å². The van der Waals surface area contributed by atoms with Gasteiger partial charge >= 0.3 is 0 Å². The average Bonchev–Trinajstić information content (AvgIpc) is 3.03. The van der Waals surface area contributed by atoms with Gasteiger partial charge in [0.1, 0.15) is 0 Å².